The molecule has 0 N–H and O–H groups in total. The summed E-state index contributed by atoms with van der Waals surface area (Å²) in [5.74, 6) is 0.284. The molecule has 1 aliphatic rings. The van der Waals surface area contributed by atoms with Gasteiger partial charge in [0, 0.05) is 24.8 Å². The van der Waals surface area contributed by atoms with E-state index in [0.717, 1.165) is 24.1 Å². The number of carbonyl (C=O) groups is 1. The van der Waals surface area contributed by atoms with Crippen molar-refractivity contribution in [3.05, 3.63) is 77.9 Å². The van der Waals surface area contributed by atoms with Crippen LogP contribution in [-0.4, -0.2) is 52.1 Å². The average molecular weight is 567 g/mol. The van der Waals surface area contributed by atoms with Crippen molar-refractivity contribution >= 4 is 27.4 Å². The lowest BCUT2D eigenvalue weighted by atomic mass is 9.88. The van der Waals surface area contributed by atoms with Crippen LogP contribution in [0.15, 0.2) is 71.6 Å². The van der Waals surface area contributed by atoms with Gasteiger partial charge in [-0.2, -0.15) is 4.31 Å². The number of rotatable bonds is 10. The van der Waals surface area contributed by atoms with Gasteiger partial charge in [0.2, 0.25) is 10.0 Å². The van der Waals surface area contributed by atoms with E-state index in [1.807, 2.05) is 66.4 Å². The first-order chi connectivity index (χ1) is 19.2. The summed E-state index contributed by atoms with van der Waals surface area (Å²) in [5.41, 5.74) is 1.48. The van der Waals surface area contributed by atoms with Crippen molar-refractivity contribution in [2.45, 2.75) is 56.5 Å². The monoisotopic (exact) mass is 566 g/mol. The number of para-hydroxylation sites is 1. The summed E-state index contributed by atoms with van der Waals surface area (Å²) in [5, 5.41) is 0. The normalized spacial score (nSPS) is 18.5. The first-order valence-corrected chi connectivity index (χ1v) is 15.0. The Bertz CT molecular complexity index is 1430. The second-order valence-electron chi connectivity index (χ2n) is 9.97. The first-order valence-electron chi connectivity index (χ1n) is 13.5. The summed E-state index contributed by atoms with van der Waals surface area (Å²) < 4.78 is 47.1. The maximum atomic E-state index is 14.8. The summed E-state index contributed by atoms with van der Waals surface area (Å²) in [6, 6.07) is 20.2. The van der Waals surface area contributed by atoms with E-state index in [9.17, 15) is 13.2 Å². The molecule has 0 amide bonds. The molecule has 0 aliphatic carbocycles. The maximum absolute atomic E-state index is 14.8. The van der Waals surface area contributed by atoms with E-state index in [1.165, 1.54) is 20.3 Å². The highest BCUT2D eigenvalue weighted by molar-refractivity contribution is 7.89. The number of benzene rings is 3. The van der Waals surface area contributed by atoms with Crippen molar-refractivity contribution < 1.29 is 27.4 Å². The fraction of sp³-hybridized carbons (Fsp3) is 0.387. The van der Waals surface area contributed by atoms with Crippen molar-refractivity contribution in [2.24, 2.45) is 0 Å². The number of fused-ring (bicyclic) bond motifs is 1. The van der Waals surface area contributed by atoms with Gasteiger partial charge in [-0.25, -0.2) is 13.2 Å². The molecule has 8 nitrogen and oxygen atoms in total. The minimum Gasteiger partial charge on any atom is -0.497 e. The molecule has 0 saturated carbocycles. The third-order valence-electron chi connectivity index (χ3n) is 7.73. The lowest BCUT2D eigenvalue weighted by Gasteiger charge is -2.43. The lowest BCUT2D eigenvalue weighted by molar-refractivity contribution is 0.0597. The fourth-order valence-electron chi connectivity index (χ4n) is 5.40. The topological polar surface area (TPSA) is 85.4 Å². The largest absolute Gasteiger partial charge is 0.497 e. The zero-order chi connectivity index (χ0) is 28.9. The van der Waals surface area contributed by atoms with Crippen LogP contribution in [0.3, 0.4) is 0 Å². The molecular formula is C31H38N2O6S. The summed E-state index contributed by atoms with van der Waals surface area (Å²) in [4.78, 5) is 14.8. The highest BCUT2D eigenvalue weighted by Crippen LogP contribution is 2.46. The van der Waals surface area contributed by atoms with Gasteiger partial charge in [-0.3, -0.25) is 0 Å². The predicted molar refractivity (Wildman–Crippen MR) is 156 cm³/mol. The molecule has 0 spiro atoms. The van der Waals surface area contributed by atoms with E-state index in [1.54, 1.807) is 17.5 Å². The number of hydrogen-bond donors (Lipinski definition) is 0. The fourth-order valence-corrected chi connectivity index (χ4v) is 7.44. The van der Waals surface area contributed by atoms with Gasteiger partial charge < -0.3 is 19.1 Å². The molecule has 0 fully saturated rings. The van der Waals surface area contributed by atoms with Gasteiger partial charge in [0.1, 0.15) is 22.0 Å². The average Bonchev–Trinajstić information content (AvgIpc) is 3.07. The molecule has 0 aromatic heterocycles. The number of unbranched alkanes of at least 4 members (excludes halogenated alkanes) is 1. The van der Waals surface area contributed by atoms with Gasteiger partial charge in [0.25, 0.3) is 0 Å². The van der Waals surface area contributed by atoms with Crippen LogP contribution in [0.1, 0.15) is 55.5 Å². The van der Waals surface area contributed by atoms with E-state index in [4.69, 9.17) is 14.2 Å². The Labute approximate surface area is 237 Å². The van der Waals surface area contributed by atoms with Crippen molar-refractivity contribution in [3.8, 4) is 11.5 Å². The number of carbonyl (C=O) groups excluding carboxylic acids is 1. The van der Waals surface area contributed by atoms with Gasteiger partial charge in [-0.1, -0.05) is 57.0 Å². The van der Waals surface area contributed by atoms with Crippen LogP contribution in [-0.2, 0) is 21.3 Å². The molecule has 9 heteroatoms. The van der Waals surface area contributed by atoms with Gasteiger partial charge in [0.15, 0.2) is 0 Å². The molecule has 214 valence electrons. The van der Waals surface area contributed by atoms with Crippen molar-refractivity contribution in [1.29, 1.82) is 0 Å². The molecule has 1 aliphatic heterocycles. The molecule has 0 radical (unpaired) electrons. The highest BCUT2D eigenvalue weighted by Gasteiger charge is 2.48. The first kappa shape index (κ1) is 29.4. The predicted octanol–water partition coefficient (Wildman–Crippen LogP) is 6.17. The molecule has 1 unspecified atom stereocenters. The van der Waals surface area contributed by atoms with Crippen molar-refractivity contribution in [1.82, 2.24) is 4.31 Å². The van der Waals surface area contributed by atoms with Gasteiger partial charge in [-0.05, 0) is 48.7 Å². The van der Waals surface area contributed by atoms with Crippen LogP contribution in [0.25, 0.3) is 0 Å². The van der Waals surface area contributed by atoms with Gasteiger partial charge in [0.05, 0.1) is 32.6 Å². The minimum absolute atomic E-state index is 0.0397. The van der Waals surface area contributed by atoms with Crippen molar-refractivity contribution in [3.63, 3.8) is 0 Å². The number of anilines is 2. The van der Waals surface area contributed by atoms with Crippen LogP contribution in [0.4, 0.5) is 11.4 Å². The second kappa shape index (κ2) is 12.3. The molecule has 40 heavy (non-hydrogen) atoms. The third-order valence-corrected chi connectivity index (χ3v) is 9.71. The number of nitrogens with zero attached hydrogens (tertiary/aromatic N) is 2. The molecule has 4 rings (SSSR count). The summed E-state index contributed by atoms with van der Waals surface area (Å²) >= 11 is 0. The second-order valence-corrected chi connectivity index (χ2v) is 11.8. The van der Waals surface area contributed by atoms with Crippen LogP contribution in [0.5, 0.6) is 11.5 Å². The maximum Gasteiger partial charge on any atom is 0.341 e. The van der Waals surface area contributed by atoms with E-state index in [0.29, 0.717) is 30.8 Å². The van der Waals surface area contributed by atoms with E-state index >= 15 is 0 Å². The SMILES string of the molecule is CCCCC1(CC)CN(c2ccccc2)c2cc(OC)c(C(=O)OC)cc2S(=O)(=O)N1Cc1ccc(OC)cc1. The van der Waals surface area contributed by atoms with Crippen LogP contribution >= 0.6 is 0 Å². The Morgan fingerprint density at radius 3 is 2.23 bits per heavy atom. The number of hydrogen-bond acceptors (Lipinski definition) is 7. The summed E-state index contributed by atoms with van der Waals surface area (Å²) in [7, 11) is 0.207. The minimum atomic E-state index is -4.12. The molecule has 3 aromatic carbocycles. The molecule has 3 aromatic rings. The van der Waals surface area contributed by atoms with Gasteiger partial charge >= 0.3 is 5.97 Å². The van der Waals surface area contributed by atoms with Crippen molar-refractivity contribution in [2.75, 3.05) is 32.8 Å². The van der Waals surface area contributed by atoms with Gasteiger partial charge in [-0.15, -0.1) is 0 Å². The molecular weight excluding hydrogens is 528 g/mol. The van der Waals surface area contributed by atoms with Crippen LogP contribution < -0.4 is 14.4 Å². The summed E-state index contributed by atoms with van der Waals surface area (Å²) in [6.07, 6.45) is 3.06. The Hall–Kier alpha value is -3.56. The Morgan fingerprint density at radius 1 is 0.950 bits per heavy atom. The molecule has 1 heterocycles. The zero-order valence-electron chi connectivity index (χ0n) is 23.8. The number of methoxy groups -OCH3 is 3. The molecule has 1 atom stereocenters. The Balaban J connectivity index is 2.02. The number of ether oxygens (including phenoxy) is 3. The summed E-state index contributed by atoms with van der Waals surface area (Å²) in [6.45, 7) is 4.76. The number of sulfonamides is 1. The number of esters is 1. The standard InChI is InChI=1S/C31H38N2O6S/c1-6-8-18-31(7-2)22-32(24-12-10-9-11-13-24)27-20-28(38-4)26(30(34)39-5)19-29(27)40(35,36)33(31)21-23-14-16-25(37-3)17-15-23/h9-17,19-20H,6-8,18,21-22H2,1-5H3. The van der Waals surface area contributed by atoms with E-state index in [2.05, 4.69) is 6.92 Å². The Morgan fingerprint density at radius 2 is 1.65 bits per heavy atom. The zero-order valence-corrected chi connectivity index (χ0v) is 24.7. The quantitative estimate of drug-likeness (QED) is 0.271. The van der Waals surface area contributed by atoms with E-state index < -0.39 is 21.5 Å². The van der Waals surface area contributed by atoms with Crippen LogP contribution in [0, 0.1) is 0 Å². The Kier molecular flexibility index (Phi) is 9.05. The third kappa shape index (κ3) is 5.53. The van der Waals surface area contributed by atoms with E-state index in [-0.39, 0.29) is 22.8 Å². The highest BCUT2D eigenvalue weighted by atomic mass is 32.2. The smallest absolute Gasteiger partial charge is 0.341 e. The molecule has 0 saturated heterocycles. The van der Waals surface area contributed by atoms with Crippen LogP contribution in [0.2, 0.25) is 0 Å². The lowest BCUT2D eigenvalue weighted by Crippen LogP contribution is -2.54. The molecule has 0 bridgehead atoms.